The number of rotatable bonds is 5. The van der Waals surface area contributed by atoms with Crippen LogP contribution >= 0.6 is 11.6 Å². The smallest absolute Gasteiger partial charge is 0.263 e. The van der Waals surface area contributed by atoms with E-state index in [4.69, 9.17) is 21.5 Å². The summed E-state index contributed by atoms with van der Waals surface area (Å²) in [6, 6.07) is 6.27. The minimum absolute atomic E-state index is 0.0272. The number of nitrogens with one attached hydrogen (secondary N) is 2. The first-order chi connectivity index (χ1) is 12.5. The van der Waals surface area contributed by atoms with E-state index < -0.39 is 20.0 Å². The van der Waals surface area contributed by atoms with Crippen molar-refractivity contribution in [3.63, 3.8) is 0 Å². The predicted molar refractivity (Wildman–Crippen MR) is 99.0 cm³/mol. The third-order valence-electron chi connectivity index (χ3n) is 3.79. The molecule has 1 amide bonds. The first-order valence-corrected chi connectivity index (χ1v) is 10.8. The fourth-order valence-electron chi connectivity index (χ4n) is 2.60. The van der Waals surface area contributed by atoms with Crippen LogP contribution in [0.25, 0.3) is 0 Å². The second-order valence-electron chi connectivity index (χ2n) is 5.68. The van der Waals surface area contributed by atoms with E-state index in [-0.39, 0.29) is 38.6 Å². The van der Waals surface area contributed by atoms with Crippen molar-refractivity contribution >= 4 is 48.9 Å². The molecule has 0 spiro atoms. The molecular weight excluding hydrogens is 418 g/mol. The average molecular weight is 432 g/mol. The van der Waals surface area contributed by atoms with E-state index in [1.54, 1.807) is 0 Å². The van der Waals surface area contributed by atoms with Crippen molar-refractivity contribution in [2.45, 2.75) is 16.2 Å². The minimum Gasteiger partial charge on any atom is -0.495 e. The Morgan fingerprint density at radius 3 is 2.48 bits per heavy atom. The number of methoxy groups -OCH3 is 1. The van der Waals surface area contributed by atoms with Crippen molar-refractivity contribution in [3.8, 4) is 5.75 Å². The lowest BCUT2D eigenvalue weighted by molar-refractivity contribution is -0.115. The maximum atomic E-state index is 12.7. The molecular formula is C15H14ClN3O6S2. The van der Waals surface area contributed by atoms with Gasteiger partial charge in [-0.25, -0.2) is 22.0 Å². The van der Waals surface area contributed by atoms with Crippen LogP contribution in [-0.2, 0) is 31.3 Å². The number of anilines is 2. The number of hydrogen-bond donors (Lipinski definition) is 3. The lowest BCUT2D eigenvalue weighted by Crippen LogP contribution is -2.16. The quantitative estimate of drug-likeness (QED) is 0.650. The lowest BCUT2D eigenvalue weighted by atomic mass is 10.2. The van der Waals surface area contributed by atoms with Gasteiger partial charge in [0.15, 0.2) is 0 Å². The Morgan fingerprint density at radius 1 is 1.15 bits per heavy atom. The number of sulfonamides is 2. The molecule has 0 aliphatic carbocycles. The Balaban J connectivity index is 2.01. The molecule has 9 nitrogen and oxygen atoms in total. The van der Waals surface area contributed by atoms with E-state index in [0.29, 0.717) is 11.3 Å². The third-order valence-corrected chi connectivity index (χ3v) is 6.57. The zero-order valence-electron chi connectivity index (χ0n) is 13.8. The zero-order chi connectivity index (χ0) is 20.0. The summed E-state index contributed by atoms with van der Waals surface area (Å²) in [6.07, 6.45) is 0.0348. The molecule has 3 rings (SSSR count). The normalized spacial score (nSPS) is 13.8. The molecule has 1 aliphatic rings. The number of halogens is 1. The summed E-state index contributed by atoms with van der Waals surface area (Å²) in [6.45, 7) is 0. The van der Waals surface area contributed by atoms with Crippen molar-refractivity contribution in [2.75, 3.05) is 17.1 Å². The second-order valence-corrected chi connectivity index (χ2v) is 9.27. The SMILES string of the molecule is COc1ccc(NS(=O)(=O)c2cc3c(cc2Cl)NC(=O)C3)cc1S(N)(=O)=O. The number of ether oxygens (including phenoxy) is 1. The van der Waals surface area contributed by atoms with Gasteiger partial charge in [-0.2, -0.15) is 0 Å². The van der Waals surface area contributed by atoms with Gasteiger partial charge in [0, 0.05) is 5.69 Å². The molecule has 0 saturated heterocycles. The molecule has 0 fully saturated rings. The monoisotopic (exact) mass is 431 g/mol. The van der Waals surface area contributed by atoms with Crippen molar-refractivity contribution in [1.82, 2.24) is 0 Å². The Kier molecular flexibility index (Phi) is 4.80. The van der Waals surface area contributed by atoms with Crippen LogP contribution in [0.4, 0.5) is 11.4 Å². The largest absolute Gasteiger partial charge is 0.495 e. The molecule has 2 aromatic carbocycles. The molecule has 0 bridgehead atoms. The summed E-state index contributed by atoms with van der Waals surface area (Å²) in [4.78, 5) is 10.8. The highest BCUT2D eigenvalue weighted by molar-refractivity contribution is 7.93. The molecule has 4 N–H and O–H groups in total. The van der Waals surface area contributed by atoms with Gasteiger partial charge in [0.1, 0.15) is 15.5 Å². The maximum absolute atomic E-state index is 12.7. The third kappa shape index (κ3) is 3.86. The van der Waals surface area contributed by atoms with Crippen LogP contribution < -0.4 is 19.9 Å². The molecule has 0 saturated carbocycles. The van der Waals surface area contributed by atoms with Crippen LogP contribution in [0.1, 0.15) is 5.56 Å². The summed E-state index contributed by atoms with van der Waals surface area (Å²) in [5.74, 6) is -0.294. The predicted octanol–water partition coefficient (Wildman–Crippen LogP) is 1.29. The number of primary sulfonamides is 1. The molecule has 27 heavy (non-hydrogen) atoms. The number of carbonyl (C=O) groups excluding carboxylic acids is 1. The van der Waals surface area contributed by atoms with Gasteiger partial charge in [0.25, 0.3) is 10.0 Å². The molecule has 0 atom stereocenters. The summed E-state index contributed by atoms with van der Waals surface area (Å²) < 4.78 is 55.9. The molecule has 0 radical (unpaired) electrons. The number of benzene rings is 2. The highest BCUT2D eigenvalue weighted by Gasteiger charge is 2.26. The number of fused-ring (bicyclic) bond motifs is 1. The summed E-state index contributed by atoms with van der Waals surface area (Å²) in [5, 5.41) is 7.61. The van der Waals surface area contributed by atoms with E-state index in [1.165, 1.54) is 31.4 Å². The van der Waals surface area contributed by atoms with E-state index >= 15 is 0 Å². The fourth-order valence-corrected chi connectivity index (χ4v) is 4.96. The van der Waals surface area contributed by atoms with Gasteiger partial charge in [-0.05, 0) is 35.9 Å². The summed E-state index contributed by atoms with van der Waals surface area (Å²) in [5.41, 5.74) is 0.889. The first kappa shape index (κ1) is 19.4. The van der Waals surface area contributed by atoms with Crippen LogP contribution in [0, 0.1) is 0 Å². The van der Waals surface area contributed by atoms with Crippen LogP contribution in [0.15, 0.2) is 40.1 Å². The zero-order valence-corrected chi connectivity index (χ0v) is 16.2. The van der Waals surface area contributed by atoms with Crippen LogP contribution in [0.3, 0.4) is 0 Å². The Bertz CT molecular complexity index is 1160. The molecule has 0 aromatic heterocycles. The van der Waals surface area contributed by atoms with Crippen molar-refractivity contribution < 1.29 is 26.4 Å². The number of hydrogen-bond acceptors (Lipinski definition) is 6. The van der Waals surface area contributed by atoms with Crippen LogP contribution in [0.2, 0.25) is 5.02 Å². The van der Waals surface area contributed by atoms with E-state index in [1.807, 2.05) is 0 Å². The van der Waals surface area contributed by atoms with E-state index in [9.17, 15) is 21.6 Å². The van der Waals surface area contributed by atoms with Gasteiger partial charge in [-0.3, -0.25) is 9.52 Å². The average Bonchev–Trinajstić information content (AvgIpc) is 2.91. The molecule has 2 aromatic rings. The second kappa shape index (κ2) is 6.68. The van der Waals surface area contributed by atoms with Crippen LogP contribution in [-0.4, -0.2) is 29.9 Å². The lowest BCUT2D eigenvalue weighted by Gasteiger charge is -2.13. The van der Waals surface area contributed by atoms with Gasteiger partial charge in [0.05, 0.1) is 24.2 Å². The summed E-state index contributed by atoms with van der Waals surface area (Å²) >= 11 is 6.05. The van der Waals surface area contributed by atoms with Gasteiger partial charge in [0.2, 0.25) is 15.9 Å². The Hall–Kier alpha value is -2.34. The van der Waals surface area contributed by atoms with Crippen LogP contribution in [0.5, 0.6) is 5.75 Å². The minimum atomic E-state index is -4.16. The highest BCUT2D eigenvalue weighted by atomic mass is 35.5. The maximum Gasteiger partial charge on any atom is 0.263 e. The topological polar surface area (TPSA) is 145 Å². The first-order valence-electron chi connectivity index (χ1n) is 7.37. The Labute approximate surface area is 160 Å². The summed E-state index contributed by atoms with van der Waals surface area (Å²) in [7, 11) is -7.05. The van der Waals surface area contributed by atoms with E-state index in [2.05, 4.69) is 10.0 Å². The van der Waals surface area contributed by atoms with Gasteiger partial charge in [-0.1, -0.05) is 11.6 Å². The van der Waals surface area contributed by atoms with Gasteiger partial charge in [-0.15, -0.1) is 0 Å². The Morgan fingerprint density at radius 2 is 1.85 bits per heavy atom. The molecule has 1 aliphatic heterocycles. The molecule has 144 valence electrons. The van der Waals surface area contributed by atoms with Gasteiger partial charge < -0.3 is 10.1 Å². The number of amides is 1. The van der Waals surface area contributed by atoms with E-state index in [0.717, 1.165) is 6.07 Å². The number of nitrogens with two attached hydrogens (primary N) is 1. The van der Waals surface area contributed by atoms with Gasteiger partial charge >= 0.3 is 0 Å². The molecule has 1 heterocycles. The van der Waals surface area contributed by atoms with Crippen molar-refractivity contribution in [1.29, 1.82) is 0 Å². The highest BCUT2D eigenvalue weighted by Crippen LogP contribution is 2.34. The molecule has 12 heteroatoms. The van der Waals surface area contributed by atoms with Crippen molar-refractivity contribution in [2.24, 2.45) is 5.14 Å². The fraction of sp³-hybridized carbons (Fsp3) is 0.133. The van der Waals surface area contributed by atoms with Crippen molar-refractivity contribution in [3.05, 3.63) is 40.9 Å². The standard InChI is InChI=1S/C15H14ClN3O6S2/c1-25-12-3-2-9(6-14(12)26(17,21)22)19-27(23,24)13-4-8-5-15(20)18-11(8)7-10(13)16/h2-4,6-7,19H,5H2,1H3,(H,18,20)(H2,17,21,22). The number of carbonyl (C=O) groups is 1. The molecule has 0 unspecified atom stereocenters.